The van der Waals surface area contributed by atoms with E-state index in [2.05, 4.69) is 0 Å². The number of nitrogen functional groups attached to an aromatic ring is 1. The molecule has 0 aliphatic carbocycles. The number of nitrogens with two attached hydrogens (primary N) is 1. The SMILES string of the molecule is COc1c(N)cc(S(=O)(=O)N2[C@H](C)CCC[C@@H]2C)cc1F. The van der Waals surface area contributed by atoms with Gasteiger partial charge in [-0.25, -0.2) is 12.8 Å². The monoisotopic (exact) mass is 316 g/mol. The molecule has 1 aromatic rings. The van der Waals surface area contributed by atoms with Gasteiger partial charge in [0.25, 0.3) is 0 Å². The van der Waals surface area contributed by atoms with Crippen molar-refractivity contribution < 1.29 is 17.5 Å². The standard InChI is InChI=1S/C14H21FN2O3S/c1-9-5-4-6-10(2)17(9)21(18,19)11-7-12(15)14(20-3)13(16)8-11/h7-10H,4-6,16H2,1-3H3/t9-,10+. The van der Waals surface area contributed by atoms with E-state index in [0.29, 0.717) is 0 Å². The summed E-state index contributed by atoms with van der Waals surface area (Å²) in [5.74, 6) is -0.901. The number of ether oxygens (including phenoxy) is 1. The molecule has 0 amide bonds. The van der Waals surface area contributed by atoms with Gasteiger partial charge in [0.2, 0.25) is 10.0 Å². The number of hydrogen-bond donors (Lipinski definition) is 1. The van der Waals surface area contributed by atoms with Gasteiger partial charge in [0.1, 0.15) is 0 Å². The average Bonchev–Trinajstić information content (AvgIpc) is 2.37. The van der Waals surface area contributed by atoms with Crippen molar-refractivity contribution in [1.29, 1.82) is 0 Å². The first-order valence-corrected chi connectivity index (χ1v) is 8.39. The largest absolute Gasteiger partial charge is 0.492 e. The third kappa shape index (κ3) is 2.85. The van der Waals surface area contributed by atoms with Gasteiger partial charge in [0.05, 0.1) is 17.7 Å². The van der Waals surface area contributed by atoms with Crippen molar-refractivity contribution in [2.24, 2.45) is 0 Å². The number of sulfonamides is 1. The molecule has 5 nitrogen and oxygen atoms in total. The van der Waals surface area contributed by atoms with Gasteiger partial charge in [-0.2, -0.15) is 4.31 Å². The van der Waals surface area contributed by atoms with E-state index in [-0.39, 0.29) is 28.4 Å². The lowest BCUT2D eigenvalue weighted by Gasteiger charge is -2.37. The molecule has 0 saturated carbocycles. The number of methoxy groups -OCH3 is 1. The number of benzene rings is 1. The van der Waals surface area contributed by atoms with Crippen LogP contribution in [0, 0.1) is 5.82 Å². The van der Waals surface area contributed by atoms with Crippen molar-refractivity contribution in [3.8, 4) is 5.75 Å². The Kier molecular flexibility index (Phi) is 4.43. The summed E-state index contributed by atoms with van der Waals surface area (Å²) in [5, 5.41) is 0. The van der Waals surface area contributed by atoms with Crippen molar-refractivity contribution >= 4 is 15.7 Å². The number of piperidine rings is 1. The summed E-state index contributed by atoms with van der Waals surface area (Å²) in [7, 11) is -2.48. The predicted octanol–water partition coefficient (Wildman–Crippen LogP) is 2.37. The van der Waals surface area contributed by atoms with Crippen LogP contribution in [-0.4, -0.2) is 31.9 Å². The summed E-state index contributed by atoms with van der Waals surface area (Å²) in [6.45, 7) is 3.74. The third-order valence-corrected chi connectivity index (χ3v) is 6.04. The first kappa shape index (κ1) is 16.0. The minimum absolute atomic E-state index is 0.0200. The molecule has 0 unspecified atom stereocenters. The lowest BCUT2D eigenvalue weighted by molar-refractivity contribution is 0.204. The Morgan fingerprint density at radius 1 is 1.29 bits per heavy atom. The number of nitrogens with zero attached hydrogens (tertiary/aromatic N) is 1. The lowest BCUT2D eigenvalue weighted by Crippen LogP contribution is -2.47. The van der Waals surface area contributed by atoms with Gasteiger partial charge in [0.15, 0.2) is 11.6 Å². The summed E-state index contributed by atoms with van der Waals surface area (Å²) < 4.78 is 45.7. The number of anilines is 1. The fourth-order valence-corrected chi connectivity index (χ4v) is 4.88. The van der Waals surface area contributed by atoms with Crippen LogP contribution in [0.3, 0.4) is 0 Å². The maximum Gasteiger partial charge on any atom is 0.243 e. The van der Waals surface area contributed by atoms with Crippen molar-refractivity contribution in [2.75, 3.05) is 12.8 Å². The maximum atomic E-state index is 13.9. The van der Waals surface area contributed by atoms with Crippen LogP contribution < -0.4 is 10.5 Å². The quantitative estimate of drug-likeness (QED) is 0.869. The maximum absolute atomic E-state index is 13.9. The zero-order valence-electron chi connectivity index (χ0n) is 12.5. The Bertz CT molecular complexity index is 600. The Labute approximate surface area is 124 Å². The molecule has 2 atom stereocenters. The summed E-state index contributed by atoms with van der Waals surface area (Å²) in [6, 6.07) is 2.01. The fourth-order valence-electron chi connectivity index (χ4n) is 2.95. The van der Waals surface area contributed by atoms with Gasteiger partial charge in [0, 0.05) is 12.1 Å². The van der Waals surface area contributed by atoms with E-state index in [1.54, 1.807) is 0 Å². The number of halogens is 1. The molecule has 0 aromatic heterocycles. The highest BCUT2D eigenvalue weighted by atomic mass is 32.2. The molecule has 0 bridgehead atoms. The van der Waals surface area contributed by atoms with Gasteiger partial charge < -0.3 is 10.5 Å². The van der Waals surface area contributed by atoms with Crippen LogP contribution >= 0.6 is 0 Å². The molecule has 1 fully saturated rings. The van der Waals surface area contributed by atoms with Gasteiger partial charge in [-0.1, -0.05) is 6.42 Å². The molecule has 7 heteroatoms. The Hall–Kier alpha value is -1.34. The van der Waals surface area contributed by atoms with E-state index in [1.165, 1.54) is 17.5 Å². The highest BCUT2D eigenvalue weighted by molar-refractivity contribution is 7.89. The van der Waals surface area contributed by atoms with E-state index in [0.717, 1.165) is 25.3 Å². The van der Waals surface area contributed by atoms with Gasteiger partial charge in [-0.3, -0.25) is 0 Å². The van der Waals surface area contributed by atoms with Crippen LogP contribution in [0.5, 0.6) is 5.75 Å². The second-order valence-corrected chi connectivity index (χ2v) is 7.33. The molecule has 1 heterocycles. The second kappa shape index (κ2) is 5.81. The van der Waals surface area contributed by atoms with Gasteiger partial charge >= 0.3 is 0 Å². The van der Waals surface area contributed by atoms with Crippen LogP contribution in [0.15, 0.2) is 17.0 Å². The first-order chi connectivity index (χ1) is 9.78. The lowest BCUT2D eigenvalue weighted by atomic mass is 10.0. The molecule has 2 N–H and O–H groups in total. The van der Waals surface area contributed by atoms with Crippen molar-refractivity contribution in [3.63, 3.8) is 0 Å². The number of hydrogen-bond acceptors (Lipinski definition) is 4. The second-order valence-electron chi connectivity index (χ2n) is 5.49. The van der Waals surface area contributed by atoms with E-state index >= 15 is 0 Å². The summed E-state index contributed by atoms with van der Waals surface area (Å²) in [6.07, 6.45) is 2.60. The molecule has 1 aliphatic rings. The summed E-state index contributed by atoms with van der Waals surface area (Å²) >= 11 is 0. The molecule has 0 spiro atoms. The zero-order chi connectivity index (χ0) is 15.8. The van der Waals surface area contributed by atoms with E-state index in [1.807, 2.05) is 13.8 Å². The minimum Gasteiger partial charge on any atom is -0.492 e. The predicted molar refractivity (Wildman–Crippen MR) is 79.2 cm³/mol. The zero-order valence-corrected chi connectivity index (χ0v) is 13.3. The smallest absolute Gasteiger partial charge is 0.243 e. The molecule has 118 valence electrons. The molecular weight excluding hydrogens is 295 g/mol. The molecule has 0 radical (unpaired) electrons. The van der Waals surface area contributed by atoms with Crippen LogP contribution in [-0.2, 0) is 10.0 Å². The Morgan fingerprint density at radius 2 is 1.86 bits per heavy atom. The molecular formula is C14H21FN2O3S. The summed E-state index contributed by atoms with van der Waals surface area (Å²) in [4.78, 5) is -0.126. The highest BCUT2D eigenvalue weighted by Crippen LogP contribution is 2.33. The number of rotatable bonds is 3. The molecule has 2 rings (SSSR count). The normalized spacial score (nSPS) is 24.0. The molecule has 1 saturated heterocycles. The minimum atomic E-state index is -3.77. The van der Waals surface area contributed by atoms with Gasteiger partial charge in [-0.05, 0) is 38.8 Å². The molecule has 21 heavy (non-hydrogen) atoms. The van der Waals surface area contributed by atoms with Crippen molar-refractivity contribution in [1.82, 2.24) is 4.31 Å². The third-order valence-electron chi connectivity index (χ3n) is 3.94. The van der Waals surface area contributed by atoms with Crippen LogP contribution in [0.4, 0.5) is 10.1 Å². The Morgan fingerprint density at radius 3 is 2.33 bits per heavy atom. The first-order valence-electron chi connectivity index (χ1n) is 6.95. The molecule has 1 aromatic carbocycles. The van der Waals surface area contributed by atoms with Crippen LogP contribution in [0.2, 0.25) is 0 Å². The average molecular weight is 316 g/mol. The van der Waals surface area contributed by atoms with Crippen molar-refractivity contribution in [3.05, 3.63) is 17.9 Å². The van der Waals surface area contributed by atoms with E-state index in [9.17, 15) is 12.8 Å². The van der Waals surface area contributed by atoms with E-state index < -0.39 is 15.8 Å². The van der Waals surface area contributed by atoms with E-state index in [4.69, 9.17) is 10.5 Å². The van der Waals surface area contributed by atoms with Crippen molar-refractivity contribution in [2.45, 2.75) is 50.1 Å². The fraction of sp³-hybridized carbons (Fsp3) is 0.571. The summed E-state index contributed by atoms with van der Waals surface area (Å²) in [5.41, 5.74) is 5.66. The van der Waals surface area contributed by atoms with Crippen LogP contribution in [0.1, 0.15) is 33.1 Å². The molecule has 1 aliphatic heterocycles. The Balaban J connectivity index is 2.49. The van der Waals surface area contributed by atoms with Gasteiger partial charge in [-0.15, -0.1) is 0 Å². The van der Waals surface area contributed by atoms with Crippen LogP contribution in [0.25, 0.3) is 0 Å². The highest BCUT2D eigenvalue weighted by Gasteiger charge is 2.36. The topological polar surface area (TPSA) is 72.6 Å².